The molecule has 8 nitrogen and oxygen atoms in total. The summed E-state index contributed by atoms with van der Waals surface area (Å²) in [4.78, 5) is 20.0. The number of nitrogens with zero attached hydrogens (tertiary/aromatic N) is 4. The maximum atomic E-state index is 10.6. The summed E-state index contributed by atoms with van der Waals surface area (Å²) < 4.78 is 0. The fourth-order valence-corrected chi connectivity index (χ4v) is 1.91. The fourth-order valence-electron chi connectivity index (χ4n) is 1.49. The standard InChI is InChI=1S/C12H6Cl2N4O4/c13-9-5-7(17(19)20)1-3-11(9)15-16-12-4-2-8(18(21)22)6-10(12)14/h1-6H. The monoisotopic (exact) mass is 340 g/mol. The van der Waals surface area contributed by atoms with E-state index in [9.17, 15) is 20.2 Å². The van der Waals surface area contributed by atoms with Crippen LogP contribution in [0.25, 0.3) is 0 Å². The third kappa shape index (κ3) is 3.54. The van der Waals surface area contributed by atoms with E-state index in [0.29, 0.717) is 0 Å². The number of benzene rings is 2. The average molecular weight is 341 g/mol. The van der Waals surface area contributed by atoms with Crippen LogP contribution in [-0.2, 0) is 0 Å². The minimum Gasteiger partial charge on any atom is -0.258 e. The summed E-state index contributed by atoms with van der Waals surface area (Å²) in [5.74, 6) is 0. The van der Waals surface area contributed by atoms with E-state index in [2.05, 4.69) is 10.2 Å². The number of rotatable bonds is 4. The van der Waals surface area contributed by atoms with Gasteiger partial charge >= 0.3 is 0 Å². The van der Waals surface area contributed by atoms with Crippen LogP contribution in [0.1, 0.15) is 0 Å². The molecule has 112 valence electrons. The van der Waals surface area contributed by atoms with E-state index in [1.165, 1.54) is 24.3 Å². The van der Waals surface area contributed by atoms with Crippen LogP contribution in [-0.4, -0.2) is 9.85 Å². The van der Waals surface area contributed by atoms with Crippen LogP contribution in [0.15, 0.2) is 46.6 Å². The van der Waals surface area contributed by atoms with Crippen molar-refractivity contribution >= 4 is 46.0 Å². The lowest BCUT2D eigenvalue weighted by molar-refractivity contribution is -0.385. The molecule has 0 radical (unpaired) electrons. The van der Waals surface area contributed by atoms with Gasteiger partial charge in [0.2, 0.25) is 0 Å². The van der Waals surface area contributed by atoms with Gasteiger partial charge in [0.05, 0.1) is 19.9 Å². The zero-order chi connectivity index (χ0) is 16.3. The molecule has 0 amide bonds. The third-order valence-electron chi connectivity index (χ3n) is 2.55. The van der Waals surface area contributed by atoms with Crippen LogP contribution in [0.4, 0.5) is 22.7 Å². The van der Waals surface area contributed by atoms with E-state index in [4.69, 9.17) is 23.2 Å². The van der Waals surface area contributed by atoms with Gasteiger partial charge < -0.3 is 0 Å². The molecule has 0 aliphatic heterocycles. The maximum Gasteiger partial charge on any atom is 0.271 e. The molecule has 10 heteroatoms. The van der Waals surface area contributed by atoms with Crippen molar-refractivity contribution < 1.29 is 9.85 Å². The van der Waals surface area contributed by atoms with Gasteiger partial charge in [0.15, 0.2) is 0 Å². The Hall–Kier alpha value is -2.58. The summed E-state index contributed by atoms with van der Waals surface area (Å²) >= 11 is 11.7. The maximum absolute atomic E-state index is 10.6. The van der Waals surface area contributed by atoms with Crippen molar-refractivity contribution in [3.8, 4) is 0 Å². The molecule has 0 aliphatic rings. The Morgan fingerprint density at radius 2 is 1.14 bits per heavy atom. The zero-order valence-corrected chi connectivity index (χ0v) is 12.2. The predicted octanol–water partition coefficient (Wildman–Crippen LogP) is 5.23. The van der Waals surface area contributed by atoms with Gasteiger partial charge in [-0.3, -0.25) is 20.2 Å². The van der Waals surface area contributed by atoms with Crippen molar-refractivity contribution in [3.63, 3.8) is 0 Å². The van der Waals surface area contributed by atoms with Crippen molar-refractivity contribution in [2.45, 2.75) is 0 Å². The zero-order valence-electron chi connectivity index (χ0n) is 10.6. The normalized spacial score (nSPS) is 10.8. The molecule has 0 heterocycles. The first kappa shape index (κ1) is 15.8. The molecule has 22 heavy (non-hydrogen) atoms. The molecule has 2 aromatic carbocycles. The van der Waals surface area contributed by atoms with Gasteiger partial charge in [-0.15, -0.1) is 10.2 Å². The lowest BCUT2D eigenvalue weighted by atomic mass is 10.3. The number of nitro benzene ring substituents is 2. The van der Waals surface area contributed by atoms with Gasteiger partial charge in [-0.1, -0.05) is 23.2 Å². The topological polar surface area (TPSA) is 111 Å². The molecule has 0 unspecified atom stereocenters. The van der Waals surface area contributed by atoms with Crippen molar-refractivity contribution in [3.05, 3.63) is 66.7 Å². The average Bonchev–Trinajstić information content (AvgIpc) is 2.46. The highest BCUT2D eigenvalue weighted by Gasteiger charge is 2.11. The Kier molecular flexibility index (Phi) is 4.64. The van der Waals surface area contributed by atoms with Crippen LogP contribution in [0.3, 0.4) is 0 Å². The number of hydrogen-bond donors (Lipinski definition) is 0. The number of nitro groups is 2. The molecule has 2 rings (SSSR count). The summed E-state index contributed by atoms with van der Waals surface area (Å²) in [5.41, 5.74) is 0.0815. The second-order valence-corrected chi connectivity index (χ2v) is 4.80. The second-order valence-electron chi connectivity index (χ2n) is 3.99. The van der Waals surface area contributed by atoms with Gasteiger partial charge in [0.1, 0.15) is 11.4 Å². The lowest BCUT2D eigenvalue weighted by Crippen LogP contribution is -1.87. The third-order valence-corrected chi connectivity index (χ3v) is 3.16. The molecule has 0 spiro atoms. The van der Waals surface area contributed by atoms with E-state index < -0.39 is 9.85 Å². The Morgan fingerprint density at radius 1 is 0.773 bits per heavy atom. The molecule has 0 saturated carbocycles. The van der Waals surface area contributed by atoms with Crippen molar-refractivity contribution in [2.24, 2.45) is 10.2 Å². The number of hydrogen-bond acceptors (Lipinski definition) is 6. The first-order chi connectivity index (χ1) is 10.4. The van der Waals surface area contributed by atoms with Crippen molar-refractivity contribution in [2.75, 3.05) is 0 Å². The minimum atomic E-state index is -0.583. The molecule has 2 aromatic rings. The van der Waals surface area contributed by atoms with E-state index >= 15 is 0 Å². The SMILES string of the molecule is O=[N+]([O-])c1ccc(N=Nc2ccc([N+](=O)[O-])cc2Cl)c(Cl)c1. The molecular formula is C12H6Cl2N4O4. The van der Waals surface area contributed by atoms with Gasteiger partial charge in [-0.25, -0.2) is 0 Å². The van der Waals surface area contributed by atoms with Crippen LogP contribution < -0.4 is 0 Å². The molecule has 0 N–H and O–H groups in total. The lowest BCUT2D eigenvalue weighted by Gasteiger charge is -1.99. The Balaban J connectivity index is 2.29. The summed E-state index contributed by atoms with van der Waals surface area (Å²) in [7, 11) is 0. The number of halogens is 2. The number of non-ortho nitro benzene ring substituents is 2. The highest BCUT2D eigenvalue weighted by Crippen LogP contribution is 2.33. The van der Waals surface area contributed by atoms with Crippen molar-refractivity contribution in [1.82, 2.24) is 0 Å². The Morgan fingerprint density at radius 3 is 1.41 bits per heavy atom. The van der Waals surface area contributed by atoms with E-state index in [0.717, 1.165) is 12.1 Å². The molecule has 0 saturated heterocycles. The van der Waals surface area contributed by atoms with Crippen LogP contribution >= 0.6 is 23.2 Å². The van der Waals surface area contributed by atoms with Crippen LogP contribution in [0, 0.1) is 20.2 Å². The van der Waals surface area contributed by atoms with Gasteiger partial charge in [0.25, 0.3) is 11.4 Å². The van der Waals surface area contributed by atoms with Gasteiger partial charge in [-0.2, -0.15) is 0 Å². The highest BCUT2D eigenvalue weighted by atomic mass is 35.5. The fraction of sp³-hybridized carbons (Fsp3) is 0. The van der Waals surface area contributed by atoms with E-state index in [1.54, 1.807) is 0 Å². The van der Waals surface area contributed by atoms with E-state index in [1.807, 2.05) is 0 Å². The molecule has 0 atom stereocenters. The Bertz CT molecular complexity index is 729. The highest BCUT2D eigenvalue weighted by molar-refractivity contribution is 6.33. The van der Waals surface area contributed by atoms with Crippen molar-refractivity contribution in [1.29, 1.82) is 0 Å². The minimum absolute atomic E-state index is 0.0518. The Labute approximate surface area is 133 Å². The summed E-state index contributed by atoms with van der Waals surface area (Å²) in [6, 6.07) is 7.43. The first-order valence-electron chi connectivity index (χ1n) is 5.68. The number of azo groups is 1. The predicted molar refractivity (Wildman–Crippen MR) is 80.4 cm³/mol. The summed E-state index contributed by atoms with van der Waals surface area (Å²) in [6.07, 6.45) is 0. The van der Waals surface area contributed by atoms with Gasteiger partial charge in [-0.05, 0) is 12.1 Å². The van der Waals surface area contributed by atoms with Gasteiger partial charge in [0, 0.05) is 24.3 Å². The molecule has 0 fully saturated rings. The smallest absolute Gasteiger partial charge is 0.258 e. The largest absolute Gasteiger partial charge is 0.271 e. The summed E-state index contributed by atoms with van der Waals surface area (Å²) in [6.45, 7) is 0. The first-order valence-corrected chi connectivity index (χ1v) is 6.43. The summed E-state index contributed by atoms with van der Waals surface area (Å²) in [5, 5.41) is 29.0. The molecule has 0 aromatic heterocycles. The van der Waals surface area contributed by atoms with Crippen LogP contribution in [0.5, 0.6) is 0 Å². The molecule has 0 bridgehead atoms. The van der Waals surface area contributed by atoms with E-state index in [-0.39, 0.29) is 32.8 Å². The molecular weight excluding hydrogens is 335 g/mol. The second kappa shape index (κ2) is 6.46. The van der Waals surface area contributed by atoms with Crippen LogP contribution in [0.2, 0.25) is 10.0 Å². The quantitative estimate of drug-likeness (QED) is 0.431. The molecule has 0 aliphatic carbocycles.